The average molecular weight is 282 g/mol. The van der Waals surface area contributed by atoms with Crippen molar-refractivity contribution < 1.29 is 10.0 Å². The molecular weight excluding hydrogens is 256 g/mol. The summed E-state index contributed by atoms with van der Waals surface area (Å²) in [6, 6.07) is 0.379. The lowest BCUT2D eigenvalue weighted by Crippen LogP contribution is -2.50. The number of nitrogens with two attached hydrogens (primary N) is 1. The minimum Gasteiger partial charge on any atom is -0.409 e. The van der Waals surface area contributed by atoms with E-state index in [1.807, 2.05) is 19.0 Å². The third kappa shape index (κ3) is 2.37. The molecule has 3 N–H and O–H groups in total. The van der Waals surface area contributed by atoms with Gasteiger partial charge < -0.3 is 20.7 Å². The van der Waals surface area contributed by atoms with Gasteiger partial charge in [0.05, 0.1) is 0 Å². The molecule has 2 aliphatic rings. The van der Waals surface area contributed by atoms with E-state index in [0.29, 0.717) is 24.8 Å². The van der Waals surface area contributed by atoms with Crippen molar-refractivity contribution in [2.24, 2.45) is 22.2 Å². The molecule has 1 aliphatic carbocycles. The van der Waals surface area contributed by atoms with Crippen LogP contribution in [0.25, 0.3) is 0 Å². The predicted molar refractivity (Wildman–Crippen MR) is 77.5 cm³/mol. The van der Waals surface area contributed by atoms with E-state index in [-0.39, 0.29) is 11.7 Å². The molecule has 20 heavy (non-hydrogen) atoms. The van der Waals surface area contributed by atoms with E-state index < -0.39 is 5.41 Å². The quantitative estimate of drug-likeness (QED) is 0.345. The zero-order valence-corrected chi connectivity index (χ0v) is 12.7. The summed E-state index contributed by atoms with van der Waals surface area (Å²) in [6.07, 6.45) is 3.31. The molecule has 1 amide bonds. The van der Waals surface area contributed by atoms with Crippen LogP contribution in [0, 0.1) is 11.3 Å². The maximum absolute atomic E-state index is 12.9. The Morgan fingerprint density at radius 1 is 1.35 bits per heavy atom. The van der Waals surface area contributed by atoms with Gasteiger partial charge in [-0.05, 0) is 32.9 Å². The van der Waals surface area contributed by atoms with Crippen molar-refractivity contribution in [3.8, 4) is 0 Å². The van der Waals surface area contributed by atoms with Crippen LogP contribution in [0.3, 0.4) is 0 Å². The largest absolute Gasteiger partial charge is 0.409 e. The summed E-state index contributed by atoms with van der Waals surface area (Å²) in [6.45, 7) is 3.65. The first-order valence-electron chi connectivity index (χ1n) is 7.36. The number of nitrogens with zero attached hydrogens (tertiary/aromatic N) is 3. The smallest absolute Gasteiger partial charge is 0.236 e. The summed E-state index contributed by atoms with van der Waals surface area (Å²) in [5.74, 6) is 0.571. The highest BCUT2D eigenvalue weighted by Crippen LogP contribution is 2.41. The molecule has 1 heterocycles. The van der Waals surface area contributed by atoms with E-state index in [1.54, 1.807) is 0 Å². The van der Waals surface area contributed by atoms with E-state index in [9.17, 15) is 4.79 Å². The fourth-order valence-electron chi connectivity index (χ4n) is 3.74. The number of hydrogen-bond donors (Lipinski definition) is 2. The highest BCUT2D eigenvalue weighted by molar-refractivity contribution is 6.07. The van der Waals surface area contributed by atoms with Gasteiger partial charge in [-0.25, -0.2) is 0 Å². The van der Waals surface area contributed by atoms with Crippen molar-refractivity contribution in [1.29, 1.82) is 0 Å². The highest BCUT2D eigenvalue weighted by atomic mass is 16.4. The Labute approximate surface area is 120 Å². The average Bonchev–Trinajstić information content (AvgIpc) is 3.04. The molecule has 6 nitrogen and oxygen atoms in total. The monoisotopic (exact) mass is 282 g/mol. The maximum Gasteiger partial charge on any atom is 0.236 e. The first-order valence-corrected chi connectivity index (χ1v) is 7.36. The SMILES string of the molecule is CC1CN(C(=O)C2(C(N)=NO)CCCC2)CC1N(C)C. The summed E-state index contributed by atoms with van der Waals surface area (Å²) < 4.78 is 0. The van der Waals surface area contributed by atoms with Gasteiger partial charge in [0.15, 0.2) is 5.84 Å². The summed E-state index contributed by atoms with van der Waals surface area (Å²) >= 11 is 0. The van der Waals surface area contributed by atoms with Crippen LogP contribution in [0.4, 0.5) is 0 Å². The van der Waals surface area contributed by atoms with Crippen molar-refractivity contribution in [2.45, 2.75) is 38.6 Å². The fraction of sp³-hybridized carbons (Fsp3) is 0.857. The van der Waals surface area contributed by atoms with Gasteiger partial charge in [-0.2, -0.15) is 0 Å². The number of rotatable bonds is 3. The Kier molecular flexibility index (Phi) is 4.22. The topological polar surface area (TPSA) is 82.2 Å². The third-order valence-electron chi connectivity index (χ3n) is 4.99. The van der Waals surface area contributed by atoms with E-state index >= 15 is 0 Å². The standard InChI is InChI=1S/C14H26N4O2/c1-10-8-18(9-11(10)17(2)3)13(19)14(12(15)16-20)6-4-5-7-14/h10-11,20H,4-9H2,1-3H3,(H2,15,16). The molecular formula is C14H26N4O2. The summed E-state index contributed by atoms with van der Waals surface area (Å²) in [5, 5.41) is 12.2. The predicted octanol–water partition coefficient (Wildman–Crippen LogP) is 0.702. The van der Waals surface area contributed by atoms with Gasteiger partial charge in [0.2, 0.25) is 5.91 Å². The van der Waals surface area contributed by atoms with Crippen LogP contribution < -0.4 is 5.73 Å². The minimum atomic E-state index is -0.768. The summed E-state index contributed by atoms with van der Waals surface area (Å²) in [4.78, 5) is 17.0. The molecule has 114 valence electrons. The summed E-state index contributed by atoms with van der Waals surface area (Å²) in [5.41, 5.74) is 5.08. The number of likely N-dealkylation sites (tertiary alicyclic amines) is 1. The number of hydrogen-bond acceptors (Lipinski definition) is 4. The molecule has 6 heteroatoms. The normalized spacial score (nSPS) is 30.2. The Hall–Kier alpha value is -1.30. The van der Waals surface area contributed by atoms with Gasteiger partial charge >= 0.3 is 0 Å². The molecule has 2 fully saturated rings. The van der Waals surface area contributed by atoms with Crippen LogP contribution >= 0.6 is 0 Å². The second-order valence-electron chi connectivity index (χ2n) is 6.49. The molecule has 0 bridgehead atoms. The number of likely N-dealkylation sites (N-methyl/N-ethyl adjacent to an activating group) is 1. The van der Waals surface area contributed by atoms with Crippen molar-refractivity contribution >= 4 is 11.7 Å². The molecule has 0 aromatic carbocycles. The fourth-order valence-corrected chi connectivity index (χ4v) is 3.74. The minimum absolute atomic E-state index is 0.0431. The van der Waals surface area contributed by atoms with E-state index in [0.717, 1.165) is 25.9 Å². The second-order valence-corrected chi connectivity index (χ2v) is 6.49. The van der Waals surface area contributed by atoms with Crippen molar-refractivity contribution in [3.63, 3.8) is 0 Å². The first-order chi connectivity index (χ1) is 9.42. The molecule has 1 saturated heterocycles. The molecule has 0 aromatic rings. The van der Waals surface area contributed by atoms with Crippen LogP contribution in [0.5, 0.6) is 0 Å². The van der Waals surface area contributed by atoms with E-state index in [4.69, 9.17) is 10.9 Å². The molecule has 2 atom stereocenters. The van der Waals surface area contributed by atoms with E-state index in [1.165, 1.54) is 0 Å². The van der Waals surface area contributed by atoms with Crippen LogP contribution in [0.1, 0.15) is 32.6 Å². The van der Waals surface area contributed by atoms with Crippen molar-refractivity contribution in [2.75, 3.05) is 27.2 Å². The molecule has 1 saturated carbocycles. The van der Waals surface area contributed by atoms with Crippen LogP contribution in [-0.4, -0.2) is 60.0 Å². The van der Waals surface area contributed by atoms with E-state index in [2.05, 4.69) is 17.0 Å². The van der Waals surface area contributed by atoms with Gasteiger partial charge in [-0.1, -0.05) is 24.9 Å². The molecule has 2 unspecified atom stereocenters. The second kappa shape index (κ2) is 5.60. The molecule has 1 aliphatic heterocycles. The molecule has 2 rings (SSSR count). The number of oxime groups is 1. The van der Waals surface area contributed by atoms with Gasteiger partial charge in [0.25, 0.3) is 0 Å². The molecule has 0 radical (unpaired) electrons. The number of amidine groups is 1. The lowest BCUT2D eigenvalue weighted by atomic mass is 9.83. The Morgan fingerprint density at radius 3 is 2.40 bits per heavy atom. The lowest BCUT2D eigenvalue weighted by Gasteiger charge is -2.31. The van der Waals surface area contributed by atoms with Crippen LogP contribution in [-0.2, 0) is 4.79 Å². The highest BCUT2D eigenvalue weighted by Gasteiger charge is 2.49. The van der Waals surface area contributed by atoms with Gasteiger partial charge in [-0.15, -0.1) is 0 Å². The third-order valence-corrected chi connectivity index (χ3v) is 4.99. The Balaban J connectivity index is 2.18. The van der Waals surface area contributed by atoms with Crippen molar-refractivity contribution in [3.05, 3.63) is 0 Å². The first kappa shape index (κ1) is 15.1. The Morgan fingerprint density at radius 2 is 1.95 bits per heavy atom. The van der Waals surface area contributed by atoms with Gasteiger partial charge in [0.1, 0.15) is 5.41 Å². The number of amides is 1. The van der Waals surface area contributed by atoms with Gasteiger partial charge in [-0.3, -0.25) is 4.79 Å². The van der Waals surface area contributed by atoms with Crippen LogP contribution in [0.15, 0.2) is 5.16 Å². The lowest BCUT2D eigenvalue weighted by molar-refractivity contribution is -0.137. The number of carbonyl (C=O) groups is 1. The maximum atomic E-state index is 12.9. The van der Waals surface area contributed by atoms with Crippen molar-refractivity contribution in [1.82, 2.24) is 9.80 Å². The summed E-state index contributed by atoms with van der Waals surface area (Å²) in [7, 11) is 4.09. The number of carbonyl (C=O) groups excluding carboxylic acids is 1. The van der Waals surface area contributed by atoms with Gasteiger partial charge in [0, 0.05) is 19.1 Å². The zero-order chi connectivity index (χ0) is 14.9. The molecule has 0 aromatic heterocycles. The molecule has 0 spiro atoms. The van der Waals surface area contributed by atoms with Crippen LogP contribution in [0.2, 0.25) is 0 Å². The Bertz CT molecular complexity index is 402. The zero-order valence-electron chi connectivity index (χ0n) is 12.7.